The average molecular weight is 653 g/mol. The zero-order chi connectivity index (χ0) is 24.0. The Labute approximate surface area is 223 Å². The van der Waals surface area contributed by atoms with Gasteiger partial charge in [-0.3, -0.25) is 9.97 Å². The first-order chi connectivity index (χ1) is 17.0. The number of ether oxygens (including phenoxy) is 1. The molecule has 0 spiro atoms. The molecule has 0 unspecified atom stereocenters. The molecule has 0 bridgehead atoms. The van der Waals surface area contributed by atoms with E-state index in [1.54, 1.807) is 17.0 Å². The maximum atomic E-state index is 6.17. The van der Waals surface area contributed by atoms with Crippen molar-refractivity contribution in [3.63, 3.8) is 0 Å². The van der Waals surface area contributed by atoms with Gasteiger partial charge in [-0.1, -0.05) is 56.8 Å². The molecular formula is C29H23N5OPt-2. The van der Waals surface area contributed by atoms with Gasteiger partial charge in [0.25, 0.3) is 0 Å². The topological polar surface area (TPSA) is 57.9 Å². The zero-order valence-electron chi connectivity index (χ0n) is 20.0. The number of aromatic nitrogens is 5. The molecule has 0 aliphatic heterocycles. The number of benzene rings is 2. The van der Waals surface area contributed by atoms with Gasteiger partial charge >= 0.3 is 0 Å². The van der Waals surface area contributed by atoms with Crippen LogP contribution in [0.5, 0.6) is 11.5 Å². The summed E-state index contributed by atoms with van der Waals surface area (Å²) >= 11 is 0. The molecule has 182 valence electrons. The van der Waals surface area contributed by atoms with Gasteiger partial charge in [-0.2, -0.15) is 6.07 Å². The molecule has 6 rings (SSSR count). The minimum absolute atomic E-state index is 0. The van der Waals surface area contributed by atoms with Crippen molar-refractivity contribution in [3.8, 4) is 23.3 Å². The molecule has 2 aromatic carbocycles. The number of fused-ring (bicyclic) bond motifs is 3. The first-order valence-corrected chi connectivity index (χ1v) is 11.5. The molecule has 6 aromatic rings. The molecule has 4 heterocycles. The van der Waals surface area contributed by atoms with E-state index in [-0.39, 0.29) is 26.5 Å². The molecule has 36 heavy (non-hydrogen) atoms. The molecule has 0 aliphatic rings. The number of imidazole rings is 1. The molecule has 0 radical (unpaired) electrons. The SMILES string of the molecule is CC(C)(C)c1ccnc(-n2c3[c-]c(Oc4[c-][n+](-c5ncc[n-]5)ccc4)ccc3c3ccccc32)c1.[Pt]. The van der Waals surface area contributed by atoms with Crippen molar-refractivity contribution in [1.29, 1.82) is 0 Å². The van der Waals surface area contributed by atoms with Crippen LogP contribution in [0.25, 0.3) is 33.6 Å². The second-order valence-electron chi connectivity index (χ2n) is 9.40. The van der Waals surface area contributed by atoms with Gasteiger partial charge in [0, 0.05) is 50.9 Å². The summed E-state index contributed by atoms with van der Waals surface area (Å²) in [5, 5.41) is 2.24. The second-order valence-corrected chi connectivity index (χ2v) is 9.40. The Morgan fingerprint density at radius 3 is 2.58 bits per heavy atom. The van der Waals surface area contributed by atoms with Crippen molar-refractivity contribution in [1.82, 2.24) is 19.5 Å². The van der Waals surface area contributed by atoms with Crippen molar-refractivity contribution in [2.75, 3.05) is 0 Å². The van der Waals surface area contributed by atoms with Crippen LogP contribution in [0.1, 0.15) is 26.3 Å². The summed E-state index contributed by atoms with van der Waals surface area (Å²) in [6, 6.07) is 23.8. The van der Waals surface area contributed by atoms with E-state index in [2.05, 4.69) is 84.0 Å². The smallest absolute Gasteiger partial charge is 0.149 e. The molecule has 6 nitrogen and oxygen atoms in total. The van der Waals surface area contributed by atoms with E-state index in [9.17, 15) is 0 Å². The third-order valence-corrected chi connectivity index (χ3v) is 5.99. The molecule has 0 saturated carbocycles. The first kappa shape index (κ1) is 24.0. The van der Waals surface area contributed by atoms with Crippen LogP contribution in [0.3, 0.4) is 0 Å². The van der Waals surface area contributed by atoms with Crippen molar-refractivity contribution in [3.05, 3.63) is 103 Å². The summed E-state index contributed by atoms with van der Waals surface area (Å²) in [5.41, 5.74) is 3.22. The van der Waals surface area contributed by atoms with Crippen molar-refractivity contribution >= 4 is 21.8 Å². The Morgan fingerprint density at radius 2 is 1.78 bits per heavy atom. The molecule has 4 aromatic heterocycles. The Kier molecular flexibility index (Phi) is 6.23. The third kappa shape index (κ3) is 4.33. The number of rotatable bonds is 4. The van der Waals surface area contributed by atoms with Gasteiger partial charge < -0.3 is 13.9 Å². The van der Waals surface area contributed by atoms with Crippen LogP contribution in [-0.4, -0.2) is 14.5 Å². The molecule has 0 N–H and O–H groups in total. The van der Waals surface area contributed by atoms with Crippen LogP contribution >= 0.6 is 0 Å². The molecule has 0 saturated heterocycles. The van der Waals surface area contributed by atoms with Crippen molar-refractivity contribution in [2.24, 2.45) is 0 Å². The Bertz CT molecular complexity index is 1670. The number of hydrogen-bond acceptors (Lipinski definition) is 3. The average Bonchev–Trinajstić information content (AvgIpc) is 3.50. The predicted molar refractivity (Wildman–Crippen MR) is 134 cm³/mol. The Balaban J connectivity index is 0.00000267. The van der Waals surface area contributed by atoms with Gasteiger partial charge in [0.1, 0.15) is 11.8 Å². The minimum atomic E-state index is 0. The number of hydrogen-bond donors (Lipinski definition) is 0. The van der Waals surface area contributed by atoms with Crippen LogP contribution in [0.2, 0.25) is 0 Å². The van der Waals surface area contributed by atoms with Gasteiger partial charge in [0.05, 0.1) is 5.75 Å². The monoisotopic (exact) mass is 652 g/mol. The van der Waals surface area contributed by atoms with Crippen LogP contribution in [0.15, 0.2) is 85.5 Å². The fraction of sp³-hybridized carbons (Fsp3) is 0.138. The predicted octanol–water partition coefficient (Wildman–Crippen LogP) is 5.50. The number of para-hydroxylation sites is 1. The summed E-state index contributed by atoms with van der Waals surface area (Å²) in [4.78, 5) is 13.2. The summed E-state index contributed by atoms with van der Waals surface area (Å²) in [6.07, 6.45) is 10.2. The van der Waals surface area contributed by atoms with Gasteiger partial charge in [-0.15, -0.1) is 23.6 Å². The summed E-state index contributed by atoms with van der Waals surface area (Å²) < 4.78 is 10.0. The second kappa shape index (κ2) is 9.36. The van der Waals surface area contributed by atoms with E-state index >= 15 is 0 Å². The fourth-order valence-electron chi connectivity index (χ4n) is 4.24. The number of nitrogens with zero attached hydrogens (tertiary/aromatic N) is 5. The maximum absolute atomic E-state index is 6.17. The third-order valence-electron chi connectivity index (χ3n) is 5.99. The Hall–Kier alpha value is -3.76. The number of pyridine rings is 2. The minimum Gasteiger partial charge on any atom is -0.501 e. The maximum Gasteiger partial charge on any atom is 0.149 e. The quantitative estimate of drug-likeness (QED) is 0.187. The molecule has 0 atom stereocenters. The van der Waals surface area contributed by atoms with Crippen LogP contribution in [0, 0.1) is 12.3 Å². The van der Waals surface area contributed by atoms with Gasteiger partial charge in [-0.25, -0.2) is 4.98 Å². The van der Waals surface area contributed by atoms with Crippen LogP contribution in [0.4, 0.5) is 0 Å². The van der Waals surface area contributed by atoms with E-state index in [4.69, 9.17) is 9.72 Å². The van der Waals surface area contributed by atoms with E-state index in [0.717, 1.165) is 27.6 Å². The first-order valence-electron chi connectivity index (χ1n) is 11.5. The van der Waals surface area contributed by atoms with Crippen LogP contribution in [-0.2, 0) is 26.5 Å². The summed E-state index contributed by atoms with van der Waals surface area (Å²) in [6.45, 7) is 6.62. The zero-order valence-corrected chi connectivity index (χ0v) is 22.3. The Morgan fingerprint density at radius 1 is 0.917 bits per heavy atom. The van der Waals surface area contributed by atoms with Crippen LogP contribution < -0.4 is 14.3 Å². The largest absolute Gasteiger partial charge is 0.501 e. The molecular weight excluding hydrogens is 629 g/mol. The van der Waals surface area contributed by atoms with E-state index in [1.165, 1.54) is 5.56 Å². The summed E-state index contributed by atoms with van der Waals surface area (Å²) in [5.74, 6) is 2.53. The van der Waals surface area contributed by atoms with Crippen molar-refractivity contribution in [2.45, 2.75) is 26.2 Å². The molecule has 0 amide bonds. The summed E-state index contributed by atoms with van der Waals surface area (Å²) in [7, 11) is 0. The molecule has 7 heteroatoms. The molecule has 0 fully saturated rings. The van der Waals surface area contributed by atoms with Gasteiger partial charge in [0.15, 0.2) is 0 Å². The van der Waals surface area contributed by atoms with E-state index in [0.29, 0.717) is 17.4 Å². The fourth-order valence-corrected chi connectivity index (χ4v) is 4.24. The normalized spacial score (nSPS) is 11.5. The standard InChI is InChI=1S/C29H23N5O.Pt/c1-29(2,3)20-12-13-30-27(17-20)34-25-9-5-4-8-23(25)24-11-10-21(18-26(24)34)35-22-7-6-16-33(19-22)28-31-14-15-32-28;/h4-17H,1-3H3;/q-2;. The van der Waals surface area contributed by atoms with E-state index < -0.39 is 0 Å². The van der Waals surface area contributed by atoms with E-state index in [1.807, 2.05) is 36.7 Å². The molecule has 0 aliphatic carbocycles. The van der Waals surface area contributed by atoms with Crippen molar-refractivity contribution < 1.29 is 30.4 Å². The van der Waals surface area contributed by atoms with Gasteiger partial charge in [0.2, 0.25) is 0 Å². The van der Waals surface area contributed by atoms with Gasteiger partial charge in [-0.05, 0) is 40.8 Å².